The average molecular weight is 242 g/mol. The van der Waals surface area contributed by atoms with Gasteiger partial charge in [0.1, 0.15) is 6.04 Å². The maximum absolute atomic E-state index is 10.8. The first-order valence-corrected chi connectivity index (χ1v) is 5.62. The molecule has 4 N–H and O–H groups in total. The fourth-order valence-electron chi connectivity index (χ4n) is 1.95. The van der Waals surface area contributed by atoms with Crippen LogP contribution in [0.5, 0.6) is 0 Å². The molecule has 0 unspecified atom stereocenters. The number of hydrogen-bond acceptors (Lipinski definition) is 2. The number of aromatic amines is 1. The van der Waals surface area contributed by atoms with Crippen molar-refractivity contribution in [1.29, 1.82) is 0 Å². The molecule has 18 heavy (non-hydrogen) atoms. The SMILES string of the molecule is C#CCc1ccc2[nH]cc(C[C@H](N)C(=O)O)c2c1. The van der Waals surface area contributed by atoms with Crippen LogP contribution in [0.15, 0.2) is 24.4 Å². The number of carboxylic acids is 1. The molecule has 0 bridgehead atoms. The van der Waals surface area contributed by atoms with E-state index in [0.29, 0.717) is 12.8 Å². The number of benzene rings is 1. The fourth-order valence-corrected chi connectivity index (χ4v) is 1.95. The van der Waals surface area contributed by atoms with Crippen molar-refractivity contribution >= 4 is 16.9 Å². The van der Waals surface area contributed by atoms with E-state index < -0.39 is 12.0 Å². The van der Waals surface area contributed by atoms with Crippen LogP contribution in [0.4, 0.5) is 0 Å². The molecule has 1 aromatic carbocycles. The average Bonchev–Trinajstić information content (AvgIpc) is 2.72. The highest BCUT2D eigenvalue weighted by molar-refractivity contribution is 5.85. The largest absolute Gasteiger partial charge is 0.480 e. The minimum absolute atomic E-state index is 0.300. The van der Waals surface area contributed by atoms with Crippen molar-refractivity contribution < 1.29 is 9.90 Å². The smallest absolute Gasteiger partial charge is 0.320 e. The number of H-pyrrole nitrogens is 1. The van der Waals surface area contributed by atoms with Crippen molar-refractivity contribution in [2.75, 3.05) is 0 Å². The van der Waals surface area contributed by atoms with Crippen molar-refractivity contribution in [3.05, 3.63) is 35.5 Å². The van der Waals surface area contributed by atoms with Crippen LogP contribution in [-0.2, 0) is 17.6 Å². The first kappa shape index (κ1) is 12.2. The van der Waals surface area contributed by atoms with Crippen LogP contribution in [0, 0.1) is 12.3 Å². The van der Waals surface area contributed by atoms with E-state index in [0.717, 1.165) is 22.0 Å². The second kappa shape index (κ2) is 4.94. The number of aliphatic carboxylic acids is 1. The Morgan fingerprint density at radius 1 is 1.56 bits per heavy atom. The van der Waals surface area contributed by atoms with Gasteiger partial charge < -0.3 is 15.8 Å². The first-order valence-electron chi connectivity index (χ1n) is 5.62. The molecule has 0 spiro atoms. The van der Waals surface area contributed by atoms with Gasteiger partial charge in [0.2, 0.25) is 0 Å². The van der Waals surface area contributed by atoms with E-state index in [-0.39, 0.29) is 0 Å². The Balaban J connectivity index is 2.36. The normalized spacial score (nSPS) is 12.2. The number of aromatic nitrogens is 1. The number of rotatable bonds is 4. The molecule has 0 fully saturated rings. The third-order valence-electron chi connectivity index (χ3n) is 2.90. The molecule has 0 radical (unpaired) electrons. The summed E-state index contributed by atoms with van der Waals surface area (Å²) < 4.78 is 0. The van der Waals surface area contributed by atoms with E-state index >= 15 is 0 Å². The van der Waals surface area contributed by atoms with Gasteiger partial charge in [-0.15, -0.1) is 12.3 Å². The van der Waals surface area contributed by atoms with Crippen LogP contribution in [-0.4, -0.2) is 22.1 Å². The standard InChI is InChI=1S/C14H14N2O2/c1-2-3-9-4-5-13-11(6-9)10(8-16-13)7-12(15)14(17)18/h1,4-6,8,12,16H,3,7,15H2,(H,17,18)/t12-/m0/s1. The molecule has 4 nitrogen and oxygen atoms in total. The van der Waals surface area contributed by atoms with Crippen LogP contribution >= 0.6 is 0 Å². The van der Waals surface area contributed by atoms with E-state index in [1.54, 1.807) is 6.20 Å². The lowest BCUT2D eigenvalue weighted by Crippen LogP contribution is -2.32. The maximum Gasteiger partial charge on any atom is 0.320 e. The second-order valence-electron chi connectivity index (χ2n) is 4.22. The van der Waals surface area contributed by atoms with E-state index in [1.807, 2.05) is 18.2 Å². The van der Waals surface area contributed by atoms with Crippen molar-refractivity contribution in [1.82, 2.24) is 4.98 Å². The summed E-state index contributed by atoms with van der Waals surface area (Å²) in [5, 5.41) is 9.82. The molecule has 0 aliphatic heterocycles. The van der Waals surface area contributed by atoms with Crippen molar-refractivity contribution in [3.8, 4) is 12.3 Å². The van der Waals surface area contributed by atoms with Gasteiger partial charge in [0.25, 0.3) is 0 Å². The van der Waals surface area contributed by atoms with Gasteiger partial charge in [0, 0.05) is 29.9 Å². The van der Waals surface area contributed by atoms with E-state index in [4.69, 9.17) is 17.3 Å². The quantitative estimate of drug-likeness (QED) is 0.707. The highest BCUT2D eigenvalue weighted by atomic mass is 16.4. The first-order chi connectivity index (χ1) is 8.61. The van der Waals surface area contributed by atoms with E-state index in [2.05, 4.69) is 10.9 Å². The summed E-state index contributed by atoms with van der Waals surface area (Å²) >= 11 is 0. The monoisotopic (exact) mass is 242 g/mol. The van der Waals surface area contributed by atoms with Gasteiger partial charge in [0.05, 0.1) is 0 Å². The lowest BCUT2D eigenvalue weighted by molar-refractivity contribution is -0.138. The van der Waals surface area contributed by atoms with E-state index in [9.17, 15) is 4.79 Å². The summed E-state index contributed by atoms with van der Waals surface area (Å²) in [6.45, 7) is 0. The highest BCUT2D eigenvalue weighted by Gasteiger charge is 2.14. The summed E-state index contributed by atoms with van der Waals surface area (Å²) in [6, 6.07) is 4.99. The lowest BCUT2D eigenvalue weighted by Gasteiger charge is -2.05. The molecule has 0 amide bonds. The number of fused-ring (bicyclic) bond motifs is 1. The minimum atomic E-state index is -0.996. The van der Waals surface area contributed by atoms with Crippen molar-refractivity contribution in [3.63, 3.8) is 0 Å². The zero-order valence-electron chi connectivity index (χ0n) is 9.81. The zero-order valence-corrected chi connectivity index (χ0v) is 9.81. The molecule has 0 aliphatic carbocycles. The van der Waals surface area contributed by atoms with Gasteiger partial charge in [-0.1, -0.05) is 6.07 Å². The Labute approximate surface area is 105 Å². The summed E-state index contributed by atoms with van der Waals surface area (Å²) in [4.78, 5) is 13.9. The predicted octanol–water partition coefficient (Wildman–Crippen LogP) is 1.30. The second-order valence-corrected chi connectivity index (χ2v) is 4.22. The molecule has 4 heteroatoms. The number of terminal acetylenes is 1. The highest BCUT2D eigenvalue weighted by Crippen LogP contribution is 2.21. The van der Waals surface area contributed by atoms with Crippen LogP contribution in [0.2, 0.25) is 0 Å². The molecule has 92 valence electrons. The predicted molar refractivity (Wildman–Crippen MR) is 70.2 cm³/mol. The van der Waals surface area contributed by atoms with Gasteiger partial charge in [-0.2, -0.15) is 0 Å². The number of carboxylic acid groups (broad SMARTS) is 1. The van der Waals surface area contributed by atoms with Crippen molar-refractivity contribution in [2.24, 2.45) is 5.73 Å². The lowest BCUT2D eigenvalue weighted by atomic mass is 10.0. The summed E-state index contributed by atoms with van der Waals surface area (Å²) in [5.74, 6) is 1.59. The van der Waals surface area contributed by atoms with Gasteiger partial charge in [-0.05, 0) is 23.3 Å². The van der Waals surface area contributed by atoms with Crippen LogP contribution in [0.1, 0.15) is 11.1 Å². The van der Waals surface area contributed by atoms with E-state index in [1.165, 1.54) is 0 Å². The summed E-state index contributed by atoms with van der Waals surface area (Å²) in [7, 11) is 0. The fraction of sp³-hybridized carbons (Fsp3) is 0.214. The Hall–Kier alpha value is -2.25. The Bertz CT molecular complexity index is 622. The third-order valence-corrected chi connectivity index (χ3v) is 2.90. The van der Waals surface area contributed by atoms with Gasteiger partial charge in [0.15, 0.2) is 0 Å². The molecule has 1 atom stereocenters. The Morgan fingerprint density at radius 2 is 2.33 bits per heavy atom. The zero-order chi connectivity index (χ0) is 13.1. The summed E-state index contributed by atoms with van der Waals surface area (Å²) in [6.07, 6.45) is 7.94. The van der Waals surface area contributed by atoms with Gasteiger partial charge >= 0.3 is 5.97 Å². The number of nitrogens with two attached hydrogens (primary N) is 1. The molecular formula is C14H14N2O2. The van der Waals surface area contributed by atoms with Crippen LogP contribution in [0.25, 0.3) is 10.9 Å². The molecule has 0 aliphatic rings. The van der Waals surface area contributed by atoms with Crippen LogP contribution in [0.3, 0.4) is 0 Å². The topological polar surface area (TPSA) is 79.1 Å². The van der Waals surface area contributed by atoms with Crippen molar-refractivity contribution in [2.45, 2.75) is 18.9 Å². The number of carbonyl (C=O) groups is 1. The summed E-state index contributed by atoms with van der Waals surface area (Å²) in [5.41, 5.74) is 8.45. The third kappa shape index (κ3) is 2.36. The molecule has 0 saturated heterocycles. The minimum Gasteiger partial charge on any atom is -0.480 e. The van der Waals surface area contributed by atoms with Gasteiger partial charge in [-0.25, -0.2) is 0 Å². The Kier molecular flexibility index (Phi) is 3.35. The molecule has 2 rings (SSSR count). The number of nitrogens with one attached hydrogen (secondary N) is 1. The van der Waals surface area contributed by atoms with Crippen LogP contribution < -0.4 is 5.73 Å². The number of hydrogen-bond donors (Lipinski definition) is 3. The molecule has 2 aromatic rings. The Morgan fingerprint density at radius 3 is 3.00 bits per heavy atom. The molecule has 0 saturated carbocycles. The van der Waals surface area contributed by atoms with Gasteiger partial charge in [-0.3, -0.25) is 4.79 Å². The molecular weight excluding hydrogens is 228 g/mol. The molecule has 1 aromatic heterocycles. The molecule has 1 heterocycles. The maximum atomic E-state index is 10.8.